The largest absolute Gasteiger partial charge is 0.462 e. The van der Waals surface area contributed by atoms with E-state index in [-0.39, 0.29) is 5.97 Å². The summed E-state index contributed by atoms with van der Waals surface area (Å²) in [6, 6.07) is 14.3. The Morgan fingerprint density at radius 1 is 1.19 bits per heavy atom. The minimum absolute atomic E-state index is 0.297. The highest BCUT2D eigenvalue weighted by Crippen LogP contribution is 2.30. The lowest BCUT2D eigenvalue weighted by Gasteiger charge is -2.32. The number of ether oxygens (including phenoxy) is 2. The van der Waals surface area contributed by atoms with E-state index in [4.69, 9.17) is 9.47 Å². The Morgan fingerprint density at radius 3 is 2.69 bits per heavy atom. The summed E-state index contributed by atoms with van der Waals surface area (Å²) in [5.41, 5.74) is 1.48. The van der Waals surface area contributed by atoms with Gasteiger partial charge in [0.05, 0.1) is 17.7 Å². The Labute approximate surface area is 189 Å². The molecule has 0 spiro atoms. The van der Waals surface area contributed by atoms with Crippen LogP contribution in [-0.2, 0) is 27.1 Å². The van der Waals surface area contributed by atoms with Crippen molar-refractivity contribution in [2.75, 3.05) is 11.9 Å². The minimum atomic E-state index is -1.31. The van der Waals surface area contributed by atoms with Crippen LogP contribution < -0.4 is 5.32 Å². The summed E-state index contributed by atoms with van der Waals surface area (Å²) in [5, 5.41) is 3.21. The molecule has 0 fully saturated rings. The molecular weight excluding hydrogens is 428 g/mol. The van der Waals surface area contributed by atoms with E-state index >= 15 is 0 Å². The molecule has 1 aromatic heterocycles. The van der Waals surface area contributed by atoms with Gasteiger partial charge in [-0.25, -0.2) is 14.6 Å². The fourth-order valence-electron chi connectivity index (χ4n) is 3.51. The van der Waals surface area contributed by atoms with Crippen molar-refractivity contribution in [3.05, 3.63) is 81.9 Å². The number of nitrogens with one attached hydrogen (secondary N) is 1. The van der Waals surface area contributed by atoms with Gasteiger partial charge >= 0.3 is 11.9 Å². The molecule has 1 atom stereocenters. The number of hydrogen-bond acceptors (Lipinski definition) is 7. The molecule has 32 heavy (non-hydrogen) atoms. The topological polar surface area (TPSA) is 94.6 Å². The molecule has 1 aliphatic rings. The monoisotopic (exact) mass is 450 g/mol. The third-order valence-corrected chi connectivity index (χ3v) is 6.09. The molecule has 0 unspecified atom stereocenters. The van der Waals surface area contributed by atoms with Gasteiger partial charge in [-0.3, -0.25) is 10.1 Å². The zero-order valence-corrected chi connectivity index (χ0v) is 18.5. The van der Waals surface area contributed by atoms with Gasteiger partial charge in [0.2, 0.25) is 0 Å². The Hall–Kier alpha value is -3.52. The molecule has 3 aromatic rings. The summed E-state index contributed by atoms with van der Waals surface area (Å²) in [7, 11) is 0. The average molecular weight is 451 g/mol. The Morgan fingerprint density at radius 2 is 1.94 bits per heavy atom. The first-order valence-corrected chi connectivity index (χ1v) is 11.0. The molecule has 1 N–H and O–H groups in total. The van der Waals surface area contributed by atoms with Crippen molar-refractivity contribution >= 4 is 34.3 Å². The number of carbonyl (C=O) groups excluding carboxylic acids is 3. The molecule has 0 bridgehead atoms. The van der Waals surface area contributed by atoms with Crippen molar-refractivity contribution < 1.29 is 23.9 Å². The summed E-state index contributed by atoms with van der Waals surface area (Å²) < 4.78 is 10.5. The number of carbonyl (C=O) groups is 3. The second-order valence-electron chi connectivity index (χ2n) is 7.63. The highest BCUT2D eigenvalue weighted by Gasteiger charge is 2.42. The predicted molar refractivity (Wildman–Crippen MR) is 120 cm³/mol. The number of esters is 2. The molecule has 1 amide bonds. The summed E-state index contributed by atoms with van der Waals surface area (Å²) in [6.45, 7) is 3.71. The van der Waals surface area contributed by atoms with E-state index in [1.165, 1.54) is 11.3 Å². The molecule has 2 heterocycles. The molecule has 4 rings (SSSR count). The van der Waals surface area contributed by atoms with Crippen molar-refractivity contribution in [2.45, 2.75) is 32.3 Å². The van der Waals surface area contributed by atoms with E-state index < -0.39 is 17.5 Å². The minimum Gasteiger partial charge on any atom is -0.462 e. The Balaban J connectivity index is 1.40. The fraction of sp³-hybridized carbons (Fsp3) is 0.250. The number of rotatable bonds is 6. The number of cyclic esters (lactones) is 1. The van der Waals surface area contributed by atoms with E-state index in [0.717, 1.165) is 16.0 Å². The lowest BCUT2D eigenvalue weighted by atomic mass is 9.89. The molecule has 8 heteroatoms. The van der Waals surface area contributed by atoms with Gasteiger partial charge in [0.15, 0.2) is 10.7 Å². The molecule has 7 nitrogen and oxygen atoms in total. The van der Waals surface area contributed by atoms with Crippen LogP contribution >= 0.6 is 11.3 Å². The van der Waals surface area contributed by atoms with E-state index in [1.807, 2.05) is 24.3 Å². The van der Waals surface area contributed by atoms with Crippen molar-refractivity contribution in [2.24, 2.45) is 0 Å². The Kier molecular flexibility index (Phi) is 6.05. The highest BCUT2D eigenvalue weighted by molar-refractivity contribution is 7.15. The summed E-state index contributed by atoms with van der Waals surface area (Å²) in [4.78, 5) is 42.2. The van der Waals surface area contributed by atoms with Gasteiger partial charge in [0.1, 0.15) is 0 Å². The smallest absolute Gasteiger partial charge is 0.339 e. The second kappa shape index (κ2) is 8.92. The molecule has 1 aliphatic heterocycles. The maximum atomic E-state index is 12.9. The number of thiazole rings is 1. The second-order valence-corrected chi connectivity index (χ2v) is 8.75. The first-order valence-electron chi connectivity index (χ1n) is 10.2. The van der Waals surface area contributed by atoms with Crippen LogP contribution in [0.25, 0.3) is 0 Å². The first-order chi connectivity index (χ1) is 15.4. The highest BCUT2D eigenvalue weighted by atomic mass is 32.1. The quantitative estimate of drug-likeness (QED) is 0.570. The summed E-state index contributed by atoms with van der Waals surface area (Å²) in [6.07, 6.45) is 2.60. The molecule has 0 saturated heterocycles. The van der Waals surface area contributed by atoms with Crippen LogP contribution in [0.1, 0.15) is 50.6 Å². The van der Waals surface area contributed by atoms with Crippen molar-refractivity contribution in [1.29, 1.82) is 0 Å². The van der Waals surface area contributed by atoms with Crippen LogP contribution in [0.4, 0.5) is 5.13 Å². The van der Waals surface area contributed by atoms with Crippen LogP contribution in [0.5, 0.6) is 0 Å². The maximum Gasteiger partial charge on any atom is 0.339 e. The van der Waals surface area contributed by atoms with Crippen LogP contribution in [-0.4, -0.2) is 35.0 Å². The summed E-state index contributed by atoms with van der Waals surface area (Å²) >= 11 is 1.35. The van der Waals surface area contributed by atoms with Gasteiger partial charge < -0.3 is 9.47 Å². The van der Waals surface area contributed by atoms with Gasteiger partial charge in [-0.15, -0.1) is 11.3 Å². The number of anilines is 1. The van der Waals surface area contributed by atoms with Crippen LogP contribution in [0.15, 0.2) is 54.7 Å². The number of fused-ring (bicyclic) bond motifs is 1. The zero-order valence-electron chi connectivity index (χ0n) is 17.7. The Bertz CT molecular complexity index is 1170. The average Bonchev–Trinajstić information content (AvgIpc) is 3.21. The standard InChI is InChI=1S/C24H22N2O5S/c1-3-30-20(27)16-10-8-15(9-11-16)12-18-14-25-23(32-18)26-22(29)24(2)13-17-6-4-5-7-19(17)21(28)31-24/h4-11,14H,3,12-13H2,1-2H3,(H,25,26,29)/t24-/m1/s1. The maximum absolute atomic E-state index is 12.9. The van der Waals surface area contributed by atoms with Gasteiger partial charge in [0.25, 0.3) is 5.91 Å². The van der Waals surface area contributed by atoms with Gasteiger partial charge in [0, 0.05) is 23.9 Å². The number of aromatic nitrogens is 1. The molecular formula is C24H22N2O5S. The van der Waals surface area contributed by atoms with Crippen molar-refractivity contribution in [1.82, 2.24) is 4.98 Å². The number of nitrogens with zero attached hydrogens (tertiary/aromatic N) is 1. The third-order valence-electron chi connectivity index (χ3n) is 5.18. The fourth-order valence-corrected chi connectivity index (χ4v) is 4.35. The SMILES string of the molecule is CCOC(=O)c1ccc(Cc2cnc(NC(=O)[C@@]3(C)Cc4ccccc4C(=O)O3)s2)cc1. The van der Waals surface area contributed by atoms with E-state index in [0.29, 0.717) is 35.7 Å². The van der Waals surface area contributed by atoms with Crippen LogP contribution in [0.3, 0.4) is 0 Å². The number of hydrogen-bond donors (Lipinski definition) is 1. The lowest BCUT2D eigenvalue weighted by Crippen LogP contribution is -2.48. The normalized spacial score (nSPS) is 17.2. The van der Waals surface area contributed by atoms with E-state index in [2.05, 4.69) is 10.3 Å². The third kappa shape index (κ3) is 4.55. The van der Waals surface area contributed by atoms with Crippen LogP contribution in [0, 0.1) is 0 Å². The van der Waals surface area contributed by atoms with Gasteiger partial charge in [-0.2, -0.15) is 0 Å². The van der Waals surface area contributed by atoms with E-state index in [1.54, 1.807) is 44.3 Å². The molecule has 164 valence electrons. The zero-order chi connectivity index (χ0) is 22.7. The van der Waals surface area contributed by atoms with Gasteiger partial charge in [-0.05, 0) is 43.2 Å². The predicted octanol–water partition coefficient (Wildman–Crippen LogP) is 4.02. The first kappa shape index (κ1) is 21.7. The van der Waals surface area contributed by atoms with Crippen molar-refractivity contribution in [3.8, 4) is 0 Å². The van der Waals surface area contributed by atoms with E-state index in [9.17, 15) is 14.4 Å². The molecule has 2 aromatic carbocycles. The molecule has 0 aliphatic carbocycles. The van der Waals surface area contributed by atoms with Crippen LogP contribution in [0.2, 0.25) is 0 Å². The number of benzene rings is 2. The summed E-state index contributed by atoms with van der Waals surface area (Å²) in [5.74, 6) is -1.27. The number of amides is 1. The molecule has 0 saturated carbocycles. The van der Waals surface area contributed by atoms with Crippen molar-refractivity contribution in [3.63, 3.8) is 0 Å². The molecule has 0 radical (unpaired) electrons. The van der Waals surface area contributed by atoms with Gasteiger partial charge in [-0.1, -0.05) is 30.3 Å². The lowest BCUT2D eigenvalue weighted by molar-refractivity contribution is -0.134.